The minimum atomic E-state index is 0.0889. The summed E-state index contributed by atoms with van der Waals surface area (Å²) in [7, 11) is 0. The predicted molar refractivity (Wildman–Crippen MR) is 66.0 cm³/mol. The highest BCUT2D eigenvalue weighted by atomic mass is 16.2. The Balaban J connectivity index is 2.67. The van der Waals surface area contributed by atoms with Crippen LogP contribution < -0.4 is 0 Å². The summed E-state index contributed by atoms with van der Waals surface area (Å²) >= 11 is 0. The Kier molecular flexibility index (Phi) is 4.60. The summed E-state index contributed by atoms with van der Waals surface area (Å²) in [6.07, 6.45) is 5.64. The normalized spacial score (nSPS) is 9.56. The molecular formula is C14H17NO. The number of carbonyl (C=O) groups is 1. The molecule has 0 fully saturated rings. The van der Waals surface area contributed by atoms with Crippen LogP contribution in [0.15, 0.2) is 24.3 Å². The first-order valence-corrected chi connectivity index (χ1v) is 5.44. The largest absolute Gasteiger partial charge is 0.332 e. The molecule has 0 bridgehead atoms. The Morgan fingerprint density at radius 2 is 2.25 bits per heavy atom. The van der Waals surface area contributed by atoms with E-state index in [1.807, 2.05) is 38.1 Å². The molecule has 0 radical (unpaired) electrons. The van der Waals surface area contributed by atoms with Gasteiger partial charge >= 0.3 is 0 Å². The van der Waals surface area contributed by atoms with Crippen LogP contribution in [0.3, 0.4) is 0 Å². The van der Waals surface area contributed by atoms with Gasteiger partial charge in [0, 0.05) is 6.54 Å². The molecule has 0 aliphatic rings. The van der Waals surface area contributed by atoms with Crippen molar-refractivity contribution in [3.63, 3.8) is 0 Å². The van der Waals surface area contributed by atoms with Gasteiger partial charge < -0.3 is 4.90 Å². The van der Waals surface area contributed by atoms with Crippen molar-refractivity contribution in [1.29, 1.82) is 0 Å². The van der Waals surface area contributed by atoms with Gasteiger partial charge in [-0.3, -0.25) is 4.79 Å². The number of rotatable bonds is 4. The summed E-state index contributed by atoms with van der Waals surface area (Å²) in [5.41, 5.74) is 2.21. The molecular weight excluding hydrogens is 198 g/mol. The van der Waals surface area contributed by atoms with E-state index in [-0.39, 0.29) is 5.91 Å². The van der Waals surface area contributed by atoms with Crippen molar-refractivity contribution < 1.29 is 4.79 Å². The summed E-state index contributed by atoms with van der Waals surface area (Å²) in [5, 5.41) is 0. The zero-order valence-electron chi connectivity index (χ0n) is 9.86. The Hall–Kier alpha value is -1.75. The summed E-state index contributed by atoms with van der Waals surface area (Å²) in [6, 6.07) is 7.98. The lowest BCUT2D eigenvalue weighted by molar-refractivity contribution is -0.129. The number of aryl methyl sites for hydroxylation is 1. The van der Waals surface area contributed by atoms with Crippen molar-refractivity contribution in [2.75, 3.05) is 13.1 Å². The molecule has 16 heavy (non-hydrogen) atoms. The second kappa shape index (κ2) is 5.97. The Labute approximate surface area is 97.3 Å². The second-order valence-electron chi connectivity index (χ2n) is 3.78. The maximum Gasteiger partial charge on any atom is 0.227 e. The smallest absolute Gasteiger partial charge is 0.227 e. The van der Waals surface area contributed by atoms with Crippen LogP contribution in [0.25, 0.3) is 0 Å². The van der Waals surface area contributed by atoms with Crippen LogP contribution >= 0.6 is 0 Å². The molecule has 0 aromatic heterocycles. The van der Waals surface area contributed by atoms with Gasteiger partial charge in [-0.05, 0) is 19.4 Å². The van der Waals surface area contributed by atoms with E-state index in [1.54, 1.807) is 4.90 Å². The van der Waals surface area contributed by atoms with Gasteiger partial charge in [0.2, 0.25) is 5.91 Å². The standard InChI is InChI=1S/C14H17NO/c1-4-9-15(5-2)14(16)11-13-8-6-7-12(3)10-13/h1,6-8,10H,5,9,11H2,2-3H3. The molecule has 1 aromatic carbocycles. The first kappa shape index (κ1) is 12.3. The molecule has 2 nitrogen and oxygen atoms in total. The summed E-state index contributed by atoms with van der Waals surface area (Å²) in [5.74, 6) is 2.59. The first-order valence-electron chi connectivity index (χ1n) is 5.44. The zero-order chi connectivity index (χ0) is 12.0. The van der Waals surface area contributed by atoms with Gasteiger partial charge in [-0.15, -0.1) is 6.42 Å². The van der Waals surface area contributed by atoms with Crippen LogP contribution in [0.1, 0.15) is 18.1 Å². The quantitative estimate of drug-likeness (QED) is 0.704. The van der Waals surface area contributed by atoms with E-state index in [0.717, 1.165) is 5.56 Å². The molecule has 0 aliphatic heterocycles. The van der Waals surface area contributed by atoms with Crippen LogP contribution in [0.4, 0.5) is 0 Å². The van der Waals surface area contributed by atoms with E-state index >= 15 is 0 Å². The minimum Gasteiger partial charge on any atom is -0.332 e. The highest BCUT2D eigenvalue weighted by Gasteiger charge is 2.10. The number of amides is 1. The van der Waals surface area contributed by atoms with E-state index < -0.39 is 0 Å². The molecule has 0 heterocycles. The van der Waals surface area contributed by atoms with Crippen molar-refractivity contribution in [3.05, 3.63) is 35.4 Å². The molecule has 0 saturated carbocycles. The van der Waals surface area contributed by atoms with Gasteiger partial charge in [-0.25, -0.2) is 0 Å². The van der Waals surface area contributed by atoms with Gasteiger partial charge in [-0.2, -0.15) is 0 Å². The molecule has 0 unspecified atom stereocenters. The monoisotopic (exact) mass is 215 g/mol. The van der Waals surface area contributed by atoms with Gasteiger partial charge in [0.25, 0.3) is 0 Å². The summed E-state index contributed by atoms with van der Waals surface area (Å²) in [6.45, 7) is 5.01. The third kappa shape index (κ3) is 3.43. The van der Waals surface area contributed by atoms with Crippen molar-refractivity contribution in [2.24, 2.45) is 0 Å². The molecule has 84 valence electrons. The van der Waals surface area contributed by atoms with Crippen LogP contribution in [-0.2, 0) is 11.2 Å². The maximum absolute atomic E-state index is 11.9. The van der Waals surface area contributed by atoms with Crippen molar-refractivity contribution in [2.45, 2.75) is 20.3 Å². The van der Waals surface area contributed by atoms with Crippen molar-refractivity contribution in [3.8, 4) is 12.3 Å². The lowest BCUT2D eigenvalue weighted by Gasteiger charge is -2.17. The molecule has 1 aromatic rings. The molecule has 1 rings (SSSR count). The van der Waals surface area contributed by atoms with Gasteiger partial charge in [-0.1, -0.05) is 35.7 Å². The zero-order valence-corrected chi connectivity index (χ0v) is 9.86. The fourth-order valence-electron chi connectivity index (χ4n) is 1.60. The van der Waals surface area contributed by atoms with Crippen molar-refractivity contribution in [1.82, 2.24) is 4.90 Å². The van der Waals surface area contributed by atoms with Gasteiger partial charge in [0.05, 0.1) is 13.0 Å². The number of likely N-dealkylation sites (N-methyl/N-ethyl adjacent to an activating group) is 1. The number of hydrogen-bond acceptors (Lipinski definition) is 1. The van der Waals surface area contributed by atoms with Crippen LogP contribution in [-0.4, -0.2) is 23.9 Å². The Morgan fingerprint density at radius 1 is 1.50 bits per heavy atom. The average Bonchev–Trinajstić information content (AvgIpc) is 2.25. The number of benzene rings is 1. The van der Waals surface area contributed by atoms with E-state index in [9.17, 15) is 4.79 Å². The molecule has 0 N–H and O–H groups in total. The molecule has 0 spiro atoms. The van der Waals surface area contributed by atoms with Gasteiger partial charge in [0.1, 0.15) is 0 Å². The van der Waals surface area contributed by atoms with E-state index in [1.165, 1.54) is 5.56 Å². The second-order valence-corrected chi connectivity index (χ2v) is 3.78. The Morgan fingerprint density at radius 3 is 2.81 bits per heavy atom. The third-order valence-corrected chi connectivity index (χ3v) is 2.45. The molecule has 0 atom stereocenters. The number of hydrogen-bond donors (Lipinski definition) is 0. The van der Waals surface area contributed by atoms with E-state index in [0.29, 0.717) is 19.5 Å². The van der Waals surface area contributed by atoms with Crippen LogP contribution in [0, 0.1) is 19.3 Å². The highest BCUT2D eigenvalue weighted by molar-refractivity contribution is 5.79. The minimum absolute atomic E-state index is 0.0889. The van der Waals surface area contributed by atoms with E-state index in [2.05, 4.69) is 5.92 Å². The third-order valence-electron chi connectivity index (χ3n) is 2.45. The lowest BCUT2D eigenvalue weighted by atomic mass is 10.1. The Bertz CT molecular complexity index is 403. The molecule has 1 amide bonds. The molecule has 0 saturated heterocycles. The fraction of sp³-hybridized carbons (Fsp3) is 0.357. The topological polar surface area (TPSA) is 20.3 Å². The average molecular weight is 215 g/mol. The number of nitrogens with zero attached hydrogens (tertiary/aromatic N) is 1. The summed E-state index contributed by atoms with van der Waals surface area (Å²) < 4.78 is 0. The first-order chi connectivity index (χ1) is 7.67. The fourth-order valence-corrected chi connectivity index (χ4v) is 1.60. The van der Waals surface area contributed by atoms with Gasteiger partial charge in [0.15, 0.2) is 0 Å². The molecule has 0 aliphatic carbocycles. The maximum atomic E-state index is 11.9. The SMILES string of the molecule is C#CCN(CC)C(=O)Cc1cccc(C)c1. The molecule has 2 heteroatoms. The van der Waals surface area contributed by atoms with E-state index in [4.69, 9.17) is 6.42 Å². The van der Waals surface area contributed by atoms with Crippen molar-refractivity contribution >= 4 is 5.91 Å². The van der Waals surface area contributed by atoms with Crippen LogP contribution in [0.2, 0.25) is 0 Å². The number of carbonyl (C=O) groups excluding carboxylic acids is 1. The highest BCUT2D eigenvalue weighted by Crippen LogP contribution is 2.06. The lowest BCUT2D eigenvalue weighted by Crippen LogP contribution is -2.32. The van der Waals surface area contributed by atoms with Crippen LogP contribution in [0.5, 0.6) is 0 Å². The predicted octanol–water partition coefficient (Wildman–Crippen LogP) is 2.02. The summed E-state index contributed by atoms with van der Waals surface area (Å²) in [4.78, 5) is 13.6. The number of terminal acetylenes is 1.